The zero-order valence-electron chi connectivity index (χ0n) is 10.5. The van der Waals surface area contributed by atoms with Crippen LogP contribution < -0.4 is 0 Å². The average molecular weight is 336 g/mol. The molecule has 0 radical (unpaired) electrons. The van der Waals surface area contributed by atoms with Crippen molar-refractivity contribution in [2.45, 2.75) is 26.2 Å². The lowest BCUT2D eigenvalue weighted by Crippen LogP contribution is -2.15. The van der Waals surface area contributed by atoms with Gasteiger partial charge < -0.3 is 0 Å². The van der Waals surface area contributed by atoms with Gasteiger partial charge in [0.15, 0.2) is 0 Å². The van der Waals surface area contributed by atoms with Crippen LogP contribution in [0.25, 0.3) is 5.57 Å². The summed E-state index contributed by atoms with van der Waals surface area (Å²) in [5, 5.41) is 0. The molecule has 0 saturated heterocycles. The minimum Gasteiger partial charge on any atom is -0.0908 e. The smallest absolute Gasteiger partial charge is 0.0159 e. The molecule has 0 saturated carbocycles. The van der Waals surface area contributed by atoms with Crippen LogP contribution in [0.5, 0.6) is 0 Å². The first-order valence-corrected chi connectivity index (χ1v) is 6.89. The van der Waals surface area contributed by atoms with Crippen molar-refractivity contribution >= 4 is 28.2 Å². The van der Waals surface area contributed by atoms with E-state index >= 15 is 0 Å². The molecule has 0 spiro atoms. The van der Waals surface area contributed by atoms with Gasteiger partial charge in [0, 0.05) is 8.99 Å². The molecule has 0 nitrogen and oxygen atoms in total. The molecular weight excluding hydrogens is 319 g/mol. The van der Waals surface area contributed by atoms with Crippen molar-refractivity contribution in [2.24, 2.45) is 0 Å². The van der Waals surface area contributed by atoms with E-state index in [2.05, 4.69) is 86.4 Å². The largest absolute Gasteiger partial charge is 0.0908 e. The monoisotopic (exact) mass is 336 g/mol. The van der Waals surface area contributed by atoms with Crippen LogP contribution in [0.1, 0.15) is 31.9 Å². The third-order valence-electron chi connectivity index (χ3n) is 3.48. The maximum atomic E-state index is 4.26. The Morgan fingerprint density at radius 2 is 1.94 bits per heavy atom. The molecule has 0 unspecified atom stereocenters. The Kier molecular flexibility index (Phi) is 3.30. The van der Waals surface area contributed by atoms with Crippen molar-refractivity contribution in [3.63, 3.8) is 0 Å². The van der Waals surface area contributed by atoms with Gasteiger partial charge in [-0.05, 0) is 57.9 Å². The summed E-state index contributed by atoms with van der Waals surface area (Å²) in [6, 6.07) is 8.58. The summed E-state index contributed by atoms with van der Waals surface area (Å²) in [6.07, 6.45) is 4.38. The molecule has 0 heterocycles. The fraction of sp³-hybridized carbons (Fsp3) is 0.250. The number of hydrogen-bond acceptors (Lipinski definition) is 0. The van der Waals surface area contributed by atoms with E-state index in [1.165, 1.54) is 25.9 Å². The van der Waals surface area contributed by atoms with E-state index < -0.39 is 0 Å². The molecule has 1 aliphatic carbocycles. The highest BCUT2D eigenvalue weighted by Crippen LogP contribution is 2.49. The van der Waals surface area contributed by atoms with Gasteiger partial charge in [-0.25, -0.2) is 0 Å². The summed E-state index contributed by atoms with van der Waals surface area (Å²) in [6.45, 7) is 10.9. The first kappa shape index (κ1) is 12.6. The predicted octanol–water partition coefficient (Wildman–Crippen LogP) is 5.26. The summed E-state index contributed by atoms with van der Waals surface area (Å²) in [5.41, 5.74) is 5.25. The first-order valence-electron chi connectivity index (χ1n) is 5.81. The van der Waals surface area contributed by atoms with E-state index in [-0.39, 0.29) is 5.41 Å². The summed E-state index contributed by atoms with van der Waals surface area (Å²) in [4.78, 5) is 0. The van der Waals surface area contributed by atoms with E-state index in [1.807, 2.05) is 0 Å². The molecule has 1 aliphatic rings. The second-order valence-electron chi connectivity index (χ2n) is 4.88. The summed E-state index contributed by atoms with van der Waals surface area (Å²) in [5.74, 6) is 0. The predicted molar refractivity (Wildman–Crippen MR) is 84.4 cm³/mol. The van der Waals surface area contributed by atoms with Crippen LogP contribution in [-0.2, 0) is 5.41 Å². The first-order chi connectivity index (χ1) is 7.98. The normalized spacial score (nSPS) is 20.8. The van der Waals surface area contributed by atoms with Crippen LogP contribution >= 0.6 is 22.6 Å². The maximum Gasteiger partial charge on any atom is 0.0159 e. The van der Waals surface area contributed by atoms with Crippen molar-refractivity contribution in [1.29, 1.82) is 0 Å². The lowest BCUT2D eigenvalue weighted by Gasteiger charge is -2.21. The second kappa shape index (κ2) is 4.45. The number of halogens is 1. The molecule has 0 amide bonds. The van der Waals surface area contributed by atoms with Crippen LogP contribution in [0.15, 0.2) is 52.1 Å². The number of benzene rings is 1. The molecule has 1 aromatic carbocycles. The van der Waals surface area contributed by atoms with E-state index in [1.54, 1.807) is 0 Å². The number of hydrogen-bond donors (Lipinski definition) is 0. The van der Waals surface area contributed by atoms with Gasteiger partial charge in [0.25, 0.3) is 0 Å². The highest BCUT2D eigenvalue weighted by atomic mass is 127. The molecule has 88 valence electrons. The SMILES string of the molecule is C=C1/C(=C\C(I)=C/C)C(C)(C)c2ccccc21. The average Bonchev–Trinajstić information content (AvgIpc) is 2.51. The number of allylic oxidation sites excluding steroid dienone is 5. The Hall–Kier alpha value is -0.830. The van der Waals surface area contributed by atoms with Crippen LogP contribution in [0.4, 0.5) is 0 Å². The van der Waals surface area contributed by atoms with Gasteiger partial charge in [-0.15, -0.1) is 0 Å². The standard InChI is InChI=1S/C16H17I/c1-5-12(17)10-15-11(2)13-8-6-7-9-14(13)16(15,3)4/h5-10H,2H2,1,3-4H3/b12-5+,15-10+. The van der Waals surface area contributed by atoms with Crippen molar-refractivity contribution in [1.82, 2.24) is 0 Å². The Morgan fingerprint density at radius 3 is 2.53 bits per heavy atom. The summed E-state index contributed by atoms with van der Waals surface area (Å²) in [7, 11) is 0. The Bertz CT molecular complexity index is 530. The highest BCUT2D eigenvalue weighted by molar-refractivity contribution is 14.1. The quantitative estimate of drug-likeness (QED) is 0.614. The minimum absolute atomic E-state index is 0.0626. The molecule has 17 heavy (non-hydrogen) atoms. The molecule has 2 rings (SSSR count). The number of fused-ring (bicyclic) bond motifs is 1. The van der Waals surface area contributed by atoms with E-state index in [4.69, 9.17) is 0 Å². The van der Waals surface area contributed by atoms with Crippen molar-refractivity contribution < 1.29 is 0 Å². The van der Waals surface area contributed by atoms with Crippen LogP contribution in [-0.4, -0.2) is 0 Å². The summed E-state index contributed by atoms with van der Waals surface area (Å²) >= 11 is 2.36. The molecule has 0 fully saturated rings. The zero-order chi connectivity index (χ0) is 12.6. The molecule has 1 aromatic rings. The lowest BCUT2D eigenvalue weighted by atomic mass is 9.82. The Balaban J connectivity index is 2.63. The van der Waals surface area contributed by atoms with E-state index in [0.717, 1.165) is 0 Å². The number of rotatable bonds is 1. The Labute approximate surface area is 117 Å². The highest BCUT2D eigenvalue weighted by Gasteiger charge is 2.36. The topological polar surface area (TPSA) is 0 Å². The van der Waals surface area contributed by atoms with E-state index in [9.17, 15) is 0 Å². The zero-order valence-corrected chi connectivity index (χ0v) is 12.7. The molecule has 1 heteroatoms. The molecular formula is C16H17I. The lowest BCUT2D eigenvalue weighted by molar-refractivity contribution is 0.661. The van der Waals surface area contributed by atoms with Crippen molar-refractivity contribution in [3.05, 3.63) is 63.3 Å². The minimum atomic E-state index is 0.0626. The second-order valence-corrected chi connectivity index (χ2v) is 6.13. The van der Waals surface area contributed by atoms with Crippen LogP contribution in [0.2, 0.25) is 0 Å². The van der Waals surface area contributed by atoms with Crippen LogP contribution in [0, 0.1) is 0 Å². The fourth-order valence-corrected chi connectivity index (χ4v) is 2.76. The third-order valence-corrected chi connectivity index (χ3v) is 4.42. The Morgan fingerprint density at radius 1 is 1.29 bits per heavy atom. The van der Waals surface area contributed by atoms with Gasteiger partial charge >= 0.3 is 0 Å². The third kappa shape index (κ3) is 2.01. The van der Waals surface area contributed by atoms with Gasteiger partial charge in [0.1, 0.15) is 0 Å². The summed E-state index contributed by atoms with van der Waals surface area (Å²) < 4.78 is 1.26. The van der Waals surface area contributed by atoms with Crippen molar-refractivity contribution in [3.8, 4) is 0 Å². The molecule has 0 atom stereocenters. The maximum absolute atomic E-state index is 4.26. The van der Waals surface area contributed by atoms with Crippen LogP contribution in [0.3, 0.4) is 0 Å². The molecule has 0 aromatic heterocycles. The van der Waals surface area contributed by atoms with Gasteiger partial charge in [0.2, 0.25) is 0 Å². The van der Waals surface area contributed by atoms with E-state index in [0.29, 0.717) is 0 Å². The van der Waals surface area contributed by atoms with Gasteiger partial charge in [-0.3, -0.25) is 0 Å². The van der Waals surface area contributed by atoms with Gasteiger partial charge in [0.05, 0.1) is 0 Å². The fourth-order valence-electron chi connectivity index (χ4n) is 2.45. The molecule has 0 N–H and O–H groups in total. The van der Waals surface area contributed by atoms with Gasteiger partial charge in [-0.2, -0.15) is 0 Å². The van der Waals surface area contributed by atoms with Gasteiger partial charge in [-0.1, -0.05) is 50.8 Å². The molecule has 0 bridgehead atoms. The molecule has 0 aliphatic heterocycles. The van der Waals surface area contributed by atoms with Crippen molar-refractivity contribution in [2.75, 3.05) is 0 Å².